The molecule has 0 spiro atoms. The number of morpholine rings is 1. The molecule has 3 rings (SSSR count). The molecule has 1 fully saturated rings. The van der Waals surface area contributed by atoms with E-state index in [1.54, 1.807) is 24.7 Å². The number of nitrogens with two attached hydrogens (primary N) is 1. The zero-order chi connectivity index (χ0) is 19.9. The van der Waals surface area contributed by atoms with Crippen molar-refractivity contribution in [3.63, 3.8) is 0 Å². The van der Waals surface area contributed by atoms with Crippen LogP contribution >= 0.6 is 11.6 Å². The summed E-state index contributed by atoms with van der Waals surface area (Å²) < 4.78 is 18.7. The van der Waals surface area contributed by atoms with Gasteiger partial charge in [0, 0.05) is 48.5 Å². The van der Waals surface area contributed by atoms with Gasteiger partial charge in [-0.15, -0.1) is 0 Å². The average Bonchev–Trinajstić information content (AvgIpc) is 2.72. The third-order valence-electron chi connectivity index (χ3n) is 4.06. The molecule has 1 aliphatic rings. The molecule has 0 unspecified atom stereocenters. The average molecular weight is 403 g/mol. The largest absolute Gasteiger partial charge is 0.385 e. The number of nitrogens with zero attached hydrogens (tertiary/aromatic N) is 4. The van der Waals surface area contributed by atoms with Crippen molar-refractivity contribution in [2.45, 2.75) is 0 Å². The van der Waals surface area contributed by atoms with Gasteiger partial charge in [0.15, 0.2) is 0 Å². The highest BCUT2D eigenvalue weighted by Gasteiger charge is 2.16. The van der Waals surface area contributed by atoms with Crippen LogP contribution in [-0.4, -0.2) is 47.4 Å². The van der Waals surface area contributed by atoms with Crippen molar-refractivity contribution < 1.29 is 9.13 Å². The van der Waals surface area contributed by atoms with Gasteiger partial charge in [-0.25, -0.2) is 19.4 Å². The zero-order valence-corrected chi connectivity index (χ0v) is 15.9. The van der Waals surface area contributed by atoms with Gasteiger partial charge < -0.3 is 20.7 Å². The van der Waals surface area contributed by atoms with Crippen molar-refractivity contribution in [3.8, 4) is 0 Å². The number of allylic oxidation sites excluding steroid dienone is 1. The molecule has 0 atom stereocenters. The number of hydrogen-bond donors (Lipinski definition) is 2. The molecule has 1 saturated heterocycles. The summed E-state index contributed by atoms with van der Waals surface area (Å²) in [4.78, 5) is 14.5. The van der Waals surface area contributed by atoms with Gasteiger partial charge in [0.1, 0.15) is 23.8 Å². The molecule has 0 aliphatic carbocycles. The van der Waals surface area contributed by atoms with E-state index in [1.165, 1.54) is 18.5 Å². The molecule has 7 nitrogen and oxygen atoms in total. The number of halogens is 2. The lowest BCUT2D eigenvalue weighted by Gasteiger charge is -2.30. The quantitative estimate of drug-likeness (QED) is 0.722. The van der Waals surface area contributed by atoms with Crippen LogP contribution in [0.5, 0.6) is 0 Å². The van der Waals surface area contributed by atoms with E-state index in [4.69, 9.17) is 22.1 Å². The molecule has 9 heteroatoms. The van der Waals surface area contributed by atoms with Crippen LogP contribution in [0, 0.1) is 5.82 Å². The summed E-state index contributed by atoms with van der Waals surface area (Å²) in [5.74, 6) is 0.403. The van der Waals surface area contributed by atoms with E-state index in [2.05, 4.69) is 26.9 Å². The zero-order valence-electron chi connectivity index (χ0n) is 15.1. The molecule has 1 aliphatic heterocycles. The van der Waals surface area contributed by atoms with E-state index in [0.29, 0.717) is 49.2 Å². The van der Waals surface area contributed by atoms with Gasteiger partial charge in [-0.3, -0.25) is 0 Å². The number of ether oxygens (including phenoxy) is 1. The standard InChI is InChI=1S/C19H20ClFN6O/c1-13(26-15-2-3-18(21)17(20)8-15)25-11-16(14-9-23-12-24-10-14)19(22)27-4-6-28-7-5-27/h2-3,8-12,26H,1,4-7,22H2/b19-16-,25-11-. The number of benzene rings is 1. The van der Waals surface area contributed by atoms with Crippen LogP contribution in [0.3, 0.4) is 0 Å². The third kappa shape index (κ3) is 5.05. The Kier molecular flexibility index (Phi) is 6.57. The number of nitrogens with one attached hydrogen (secondary N) is 1. The molecular formula is C19H20ClFN6O. The maximum atomic E-state index is 13.3. The highest BCUT2D eigenvalue weighted by molar-refractivity contribution is 6.31. The number of rotatable bonds is 6. The molecule has 0 saturated carbocycles. The summed E-state index contributed by atoms with van der Waals surface area (Å²) in [7, 11) is 0. The van der Waals surface area contributed by atoms with Crippen LogP contribution in [-0.2, 0) is 4.74 Å². The van der Waals surface area contributed by atoms with Crippen LogP contribution in [0.15, 0.2) is 60.1 Å². The molecule has 0 amide bonds. The first-order chi connectivity index (χ1) is 13.5. The van der Waals surface area contributed by atoms with Crippen molar-refractivity contribution in [3.05, 3.63) is 71.5 Å². The van der Waals surface area contributed by atoms with Crippen LogP contribution in [0.2, 0.25) is 5.02 Å². The smallest absolute Gasteiger partial charge is 0.141 e. The normalized spacial score (nSPS) is 15.4. The van der Waals surface area contributed by atoms with Crippen molar-refractivity contribution >= 4 is 29.1 Å². The minimum Gasteiger partial charge on any atom is -0.385 e. The predicted octanol–water partition coefficient (Wildman–Crippen LogP) is 2.88. The summed E-state index contributed by atoms with van der Waals surface area (Å²) in [6, 6.07) is 4.28. The van der Waals surface area contributed by atoms with Gasteiger partial charge >= 0.3 is 0 Å². The van der Waals surface area contributed by atoms with Crippen LogP contribution in [0.25, 0.3) is 5.57 Å². The number of hydrogen-bond acceptors (Lipinski definition) is 7. The summed E-state index contributed by atoms with van der Waals surface area (Å²) >= 11 is 5.80. The summed E-state index contributed by atoms with van der Waals surface area (Å²) in [5.41, 5.74) is 8.37. The van der Waals surface area contributed by atoms with Crippen molar-refractivity contribution in [2.75, 3.05) is 31.6 Å². The monoisotopic (exact) mass is 402 g/mol. The second-order valence-electron chi connectivity index (χ2n) is 5.98. The second-order valence-corrected chi connectivity index (χ2v) is 6.39. The Bertz CT molecular complexity index is 897. The maximum absolute atomic E-state index is 13.3. The van der Waals surface area contributed by atoms with Gasteiger partial charge in [0.25, 0.3) is 0 Å². The van der Waals surface area contributed by atoms with Gasteiger partial charge in [-0.1, -0.05) is 18.2 Å². The topological polar surface area (TPSA) is 88.7 Å². The molecular weight excluding hydrogens is 383 g/mol. The van der Waals surface area contributed by atoms with E-state index in [9.17, 15) is 4.39 Å². The fourth-order valence-electron chi connectivity index (χ4n) is 2.62. The summed E-state index contributed by atoms with van der Waals surface area (Å²) in [5, 5.41) is 2.98. The fraction of sp³-hybridized carbons (Fsp3) is 0.211. The fourth-order valence-corrected chi connectivity index (χ4v) is 2.80. The predicted molar refractivity (Wildman–Crippen MR) is 108 cm³/mol. The highest BCUT2D eigenvalue weighted by Crippen LogP contribution is 2.21. The number of aromatic nitrogens is 2. The molecule has 1 aromatic carbocycles. The lowest BCUT2D eigenvalue weighted by Crippen LogP contribution is -2.39. The number of anilines is 1. The Morgan fingerprint density at radius 2 is 2.04 bits per heavy atom. The van der Waals surface area contributed by atoms with Crippen LogP contribution in [0.1, 0.15) is 5.56 Å². The Balaban J connectivity index is 1.82. The molecule has 2 heterocycles. The van der Waals surface area contributed by atoms with Gasteiger partial charge in [0.2, 0.25) is 0 Å². The Morgan fingerprint density at radius 1 is 1.32 bits per heavy atom. The van der Waals surface area contributed by atoms with Crippen molar-refractivity contribution in [1.29, 1.82) is 0 Å². The Hall–Kier alpha value is -2.97. The Labute approximate surface area is 167 Å². The molecule has 0 radical (unpaired) electrons. The summed E-state index contributed by atoms with van der Waals surface area (Å²) in [6.45, 7) is 6.45. The van der Waals surface area contributed by atoms with Gasteiger partial charge in [0.05, 0.1) is 18.2 Å². The third-order valence-corrected chi connectivity index (χ3v) is 4.35. The second kappa shape index (κ2) is 9.29. The maximum Gasteiger partial charge on any atom is 0.141 e. The first-order valence-corrected chi connectivity index (χ1v) is 8.95. The molecule has 3 N–H and O–H groups in total. The number of aliphatic imine (C=N–C) groups is 1. The van der Waals surface area contributed by atoms with E-state index < -0.39 is 5.82 Å². The highest BCUT2D eigenvalue weighted by atomic mass is 35.5. The SMILES string of the molecule is C=C(/N=C\C(=C(/N)N1CCOCC1)c1cncnc1)Nc1ccc(F)c(Cl)c1. The molecule has 0 bridgehead atoms. The minimum absolute atomic E-state index is 0.0142. The molecule has 2 aromatic rings. The van der Waals surface area contributed by atoms with Crippen molar-refractivity contribution in [2.24, 2.45) is 10.7 Å². The first kappa shape index (κ1) is 19.8. The first-order valence-electron chi connectivity index (χ1n) is 8.57. The Morgan fingerprint density at radius 3 is 2.71 bits per heavy atom. The minimum atomic E-state index is -0.492. The molecule has 1 aromatic heterocycles. The van der Waals surface area contributed by atoms with Crippen LogP contribution < -0.4 is 11.1 Å². The lowest BCUT2D eigenvalue weighted by molar-refractivity contribution is 0.0534. The molecule has 28 heavy (non-hydrogen) atoms. The van der Waals surface area contributed by atoms with E-state index in [1.807, 2.05) is 4.90 Å². The van der Waals surface area contributed by atoms with E-state index in [0.717, 1.165) is 5.56 Å². The van der Waals surface area contributed by atoms with E-state index in [-0.39, 0.29) is 5.02 Å². The van der Waals surface area contributed by atoms with Gasteiger partial charge in [-0.05, 0) is 18.2 Å². The lowest BCUT2D eigenvalue weighted by atomic mass is 10.1. The van der Waals surface area contributed by atoms with Crippen LogP contribution in [0.4, 0.5) is 10.1 Å². The van der Waals surface area contributed by atoms with Crippen molar-refractivity contribution in [1.82, 2.24) is 14.9 Å². The van der Waals surface area contributed by atoms with E-state index >= 15 is 0 Å². The molecule has 146 valence electrons. The summed E-state index contributed by atoms with van der Waals surface area (Å²) in [6.07, 6.45) is 6.38. The van der Waals surface area contributed by atoms with Gasteiger partial charge in [-0.2, -0.15) is 0 Å².